The Kier molecular flexibility index (Phi) is 4.71. The zero-order valence-corrected chi connectivity index (χ0v) is 16.6. The van der Waals surface area contributed by atoms with Crippen molar-refractivity contribution < 1.29 is 4.74 Å². The Labute approximate surface area is 170 Å². The van der Waals surface area contributed by atoms with Gasteiger partial charge in [0.2, 0.25) is 0 Å². The highest BCUT2D eigenvalue weighted by Gasteiger charge is 2.27. The molecule has 148 valence electrons. The highest BCUT2D eigenvalue weighted by Crippen LogP contribution is 2.32. The van der Waals surface area contributed by atoms with Gasteiger partial charge in [-0.3, -0.25) is 0 Å². The number of benzene rings is 1. The molecule has 29 heavy (non-hydrogen) atoms. The SMILES string of the molecule is COc1ccc(Cc2ncc3c(n2)CN(c2nccnc2N2CCCC2)C3)cc1. The van der Waals surface area contributed by atoms with E-state index in [1.807, 2.05) is 18.3 Å². The molecule has 0 unspecified atom stereocenters. The fraction of sp³-hybridized carbons (Fsp3) is 0.364. The van der Waals surface area contributed by atoms with E-state index in [0.29, 0.717) is 6.42 Å². The average Bonchev–Trinajstić information content (AvgIpc) is 3.44. The third-order valence-corrected chi connectivity index (χ3v) is 5.59. The van der Waals surface area contributed by atoms with Gasteiger partial charge >= 0.3 is 0 Å². The molecule has 0 spiro atoms. The van der Waals surface area contributed by atoms with Crippen molar-refractivity contribution in [3.05, 3.63) is 65.5 Å². The van der Waals surface area contributed by atoms with Crippen molar-refractivity contribution in [2.24, 2.45) is 0 Å². The molecule has 7 heteroatoms. The van der Waals surface area contributed by atoms with Crippen LogP contribution in [0.2, 0.25) is 0 Å². The quantitative estimate of drug-likeness (QED) is 0.666. The van der Waals surface area contributed by atoms with Crippen LogP contribution in [0.3, 0.4) is 0 Å². The first kappa shape index (κ1) is 17.8. The number of hydrogen-bond donors (Lipinski definition) is 0. The summed E-state index contributed by atoms with van der Waals surface area (Å²) in [4.78, 5) is 23.3. The number of hydrogen-bond acceptors (Lipinski definition) is 7. The van der Waals surface area contributed by atoms with Crippen molar-refractivity contribution in [1.82, 2.24) is 19.9 Å². The molecule has 7 nitrogen and oxygen atoms in total. The van der Waals surface area contributed by atoms with E-state index in [2.05, 4.69) is 36.9 Å². The fourth-order valence-corrected chi connectivity index (χ4v) is 4.05. The molecule has 0 atom stereocenters. The molecule has 5 rings (SSSR count). The molecule has 2 aliphatic heterocycles. The average molecular weight is 388 g/mol. The largest absolute Gasteiger partial charge is 0.497 e. The summed E-state index contributed by atoms with van der Waals surface area (Å²) < 4.78 is 5.23. The Morgan fingerprint density at radius 1 is 0.897 bits per heavy atom. The highest BCUT2D eigenvalue weighted by molar-refractivity contribution is 5.64. The molecular formula is C22H24N6O. The lowest BCUT2D eigenvalue weighted by molar-refractivity contribution is 0.414. The lowest BCUT2D eigenvalue weighted by Gasteiger charge is -2.24. The van der Waals surface area contributed by atoms with Crippen molar-refractivity contribution in [3.63, 3.8) is 0 Å². The molecule has 4 heterocycles. The maximum absolute atomic E-state index is 5.23. The van der Waals surface area contributed by atoms with Crippen molar-refractivity contribution in [2.45, 2.75) is 32.4 Å². The molecule has 0 amide bonds. The van der Waals surface area contributed by atoms with Gasteiger partial charge in [-0.15, -0.1) is 0 Å². The van der Waals surface area contributed by atoms with E-state index in [9.17, 15) is 0 Å². The van der Waals surface area contributed by atoms with E-state index < -0.39 is 0 Å². The Morgan fingerprint density at radius 3 is 2.34 bits per heavy atom. The smallest absolute Gasteiger partial charge is 0.172 e. The molecule has 3 aromatic rings. The predicted molar refractivity (Wildman–Crippen MR) is 111 cm³/mol. The molecule has 0 saturated carbocycles. The van der Waals surface area contributed by atoms with Crippen LogP contribution in [0.5, 0.6) is 5.75 Å². The van der Waals surface area contributed by atoms with Gasteiger partial charge in [0.15, 0.2) is 11.6 Å². The second kappa shape index (κ2) is 7.66. The maximum atomic E-state index is 5.23. The number of ether oxygens (including phenoxy) is 1. The van der Waals surface area contributed by atoms with E-state index in [1.165, 1.54) is 24.0 Å². The van der Waals surface area contributed by atoms with Gasteiger partial charge in [0.25, 0.3) is 0 Å². The van der Waals surface area contributed by atoms with Crippen LogP contribution in [-0.2, 0) is 19.5 Å². The first-order valence-electron chi connectivity index (χ1n) is 10.1. The lowest BCUT2D eigenvalue weighted by atomic mass is 10.1. The van der Waals surface area contributed by atoms with Crippen molar-refractivity contribution in [3.8, 4) is 5.75 Å². The Bertz CT molecular complexity index is 1000. The Balaban J connectivity index is 1.35. The van der Waals surface area contributed by atoms with Crippen LogP contribution in [0, 0.1) is 0 Å². The summed E-state index contributed by atoms with van der Waals surface area (Å²) in [5.74, 6) is 3.64. The van der Waals surface area contributed by atoms with E-state index in [1.54, 1.807) is 19.5 Å². The van der Waals surface area contributed by atoms with Gasteiger partial charge in [-0.05, 0) is 30.5 Å². The van der Waals surface area contributed by atoms with E-state index in [-0.39, 0.29) is 0 Å². The Morgan fingerprint density at radius 2 is 1.62 bits per heavy atom. The van der Waals surface area contributed by atoms with Gasteiger partial charge in [0.1, 0.15) is 11.6 Å². The van der Waals surface area contributed by atoms with Gasteiger partial charge in [0.05, 0.1) is 19.3 Å². The number of fused-ring (bicyclic) bond motifs is 1. The summed E-state index contributed by atoms with van der Waals surface area (Å²) in [6, 6.07) is 8.06. The van der Waals surface area contributed by atoms with Crippen LogP contribution < -0.4 is 14.5 Å². The summed E-state index contributed by atoms with van der Waals surface area (Å²) in [6.07, 6.45) is 8.67. The molecule has 0 bridgehead atoms. The molecule has 1 aromatic carbocycles. The third-order valence-electron chi connectivity index (χ3n) is 5.59. The summed E-state index contributed by atoms with van der Waals surface area (Å²) in [7, 11) is 1.68. The lowest BCUT2D eigenvalue weighted by Crippen LogP contribution is -2.25. The number of nitrogens with zero attached hydrogens (tertiary/aromatic N) is 6. The minimum atomic E-state index is 0.710. The maximum Gasteiger partial charge on any atom is 0.172 e. The molecule has 0 radical (unpaired) electrons. The fourth-order valence-electron chi connectivity index (χ4n) is 4.05. The number of rotatable bonds is 5. The summed E-state index contributed by atoms with van der Waals surface area (Å²) in [6.45, 7) is 3.63. The van der Waals surface area contributed by atoms with E-state index >= 15 is 0 Å². The zero-order chi connectivity index (χ0) is 19.6. The van der Waals surface area contributed by atoms with Crippen molar-refractivity contribution in [1.29, 1.82) is 0 Å². The third kappa shape index (κ3) is 3.60. The van der Waals surface area contributed by atoms with Crippen molar-refractivity contribution in [2.75, 3.05) is 30.0 Å². The number of anilines is 2. The van der Waals surface area contributed by atoms with Gasteiger partial charge in [0, 0.05) is 50.2 Å². The minimum Gasteiger partial charge on any atom is -0.497 e. The molecule has 1 fully saturated rings. The normalized spacial score (nSPS) is 15.6. The molecule has 0 N–H and O–H groups in total. The second-order valence-corrected chi connectivity index (χ2v) is 7.54. The molecule has 0 aliphatic carbocycles. The highest BCUT2D eigenvalue weighted by atomic mass is 16.5. The van der Waals surface area contributed by atoms with Crippen LogP contribution in [0.1, 0.15) is 35.5 Å². The zero-order valence-electron chi connectivity index (χ0n) is 16.6. The van der Waals surface area contributed by atoms with Gasteiger partial charge < -0.3 is 14.5 Å². The minimum absolute atomic E-state index is 0.710. The predicted octanol–water partition coefficient (Wildman–Crippen LogP) is 2.99. The summed E-state index contributed by atoms with van der Waals surface area (Å²) >= 11 is 0. The topological polar surface area (TPSA) is 67.3 Å². The van der Waals surface area contributed by atoms with Crippen molar-refractivity contribution >= 4 is 11.6 Å². The Hall–Kier alpha value is -3.22. The standard InChI is InChI=1S/C22H24N6O/c1-29-18-6-4-16(5-7-18)12-20-25-13-17-14-28(15-19(17)26-20)22-21(23-8-9-24-22)27-10-2-3-11-27/h4-9,13H,2-3,10-12,14-15H2,1H3. The van der Waals surface area contributed by atoms with E-state index in [4.69, 9.17) is 9.72 Å². The number of aromatic nitrogens is 4. The van der Waals surface area contributed by atoms with Crippen LogP contribution in [-0.4, -0.2) is 40.1 Å². The van der Waals surface area contributed by atoms with Crippen LogP contribution in [0.4, 0.5) is 11.6 Å². The summed E-state index contributed by atoms with van der Waals surface area (Å²) in [5.41, 5.74) is 3.42. The van der Waals surface area contributed by atoms with Crippen LogP contribution >= 0.6 is 0 Å². The number of methoxy groups -OCH3 is 1. The van der Waals surface area contributed by atoms with Gasteiger partial charge in [-0.2, -0.15) is 0 Å². The van der Waals surface area contributed by atoms with Crippen LogP contribution in [0.25, 0.3) is 0 Å². The molecular weight excluding hydrogens is 364 g/mol. The first-order valence-corrected chi connectivity index (χ1v) is 10.1. The summed E-state index contributed by atoms with van der Waals surface area (Å²) in [5, 5.41) is 0. The first-order chi connectivity index (χ1) is 14.3. The molecule has 2 aliphatic rings. The van der Waals surface area contributed by atoms with Gasteiger partial charge in [-0.25, -0.2) is 19.9 Å². The molecule has 1 saturated heterocycles. The second-order valence-electron chi connectivity index (χ2n) is 7.54. The van der Waals surface area contributed by atoms with Gasteiger partial charge in [-0.1, -0.05) is 12.1 Å². The monoisotopic (exact) mass is 388 g/mol. The molecule has 2 aromatic heterocycles. The van der Waals surface area contributed by atoms with Crippen LogP contribution in [0.15, 0.2) is 42.9 Å². The van der Waals surface area contributed by atoms with E-state index in [0.717, 1.165) is 55.1 Å².